The Morgan fingerprint density at radius 3 is 2.39 bits per heavy atom. The van der Waals surface area contributed by atoms with Crippen molar-refractivity contribution in [2.75, 3.05) is 18.5 Å². The first-order valence-electron chi connectivity index (χ1n) is 6.04. The molecule has 23 heavy (non-hydrogen) atoms. The quantitative estimate of drug-likeness (QED) is 0.824. The molecule has 2 N–H and O–H groups in total. The highest BCUT2D eigenvalue weighted by Crippen LogP contribution is 2.28. The Labute approximate surface area is 126 Å². The van der Waals surface area contributed by atoms with E-state index in [1.165, 1.54) is 0 Å². The van der Waals surface area contributed by atoms with Crippen molar-refractivity contribution in [1.29, 1.82) is 0 Å². The molecular formula is C12H12F6N2O3. The van der Waals surface area contributed by atoms with Crippen molar-refractivity contribution in [3.63, 3.8) is 0 Å². The van der Waals surface area contributed by atoms with Gasteiger partial charge in [-0.15, -0.1) is 13.2 Å². The van der Waals surface area contributed by atoms with Crippen molar-refractivity contribution in [1.82, 2.24) is 5.32 Å². The van der Waals surface area contributed by atoms with Crippen LogP contribution in [0.2, 0.25) is 0 Å². The normalized spacial score (nSPS) is 13.4. The van der Waals surface area contributed by atoms with Gasteiger partial charge in [0.25, 0.3) is 0 Å². The van der Waals surface area contributed by atoms with Crippen molar-refractivity contribution < 1.29 is 41.0 Å². The molecule has 0 bridgehead atoms. The molecule has 0 aliphatic carbocycles. The van der Waals surface area contributed by atoms with Crippen molar-refractivity contribution in [2.24, 2.45) is 0 Å². The summed E-state index contributed by atoms with van der Waals surface area (Å²) in [6, 6.07) is 2.76. The van der Waals surface area contributed by atoms with E-state index < -0.39 is 37.0 Å². The van der Waals surface area contributed by atoms with Gasteiger partial charge in [-0.3, -0.25) is 4.90 Å². The number of nitrogens with one attached hydrogen (secondary N) is 1. The second kappa shape index (κ2) is 6.94. The fourth-order valence-corrected chi connectivity index (χ4v) is 1.57. The van der Waals surface area contributed by atoms with Crippen LogP contribution in [-0.4, -0.2) is 43.4 Å². The van der Waals surface area contributed by atoms with Gasteiger partial charge in [0, 0.05) is 18.8 Å². The Morgan fingerprint density at radius 2 is 1.91 bits per heavy atom. The number of aliphatic hydroxyl groups is 1. The third-order valence-electron chi connectivity index (χ3n) is 2.56. The summed E-state index contributed by atoms with van der Waals surface area (Å²) in [5.74, 6) is -0.717. The van der Waals surface area contributed by atoms with Gasteiger partial charge < -0.3 is 15.2 Å². The van der Waals surface area contributed by atoms with Gasteiger partial charge in [-0.25, -0.2) is 4.79 Å². The minimum Gasteiger partial charge on any atom is -0.406 e. The van der Waals surface area contributed by atoms with Crippen LogP contribution in [0.4, 0.5) is 36.8 Å². The predicted molar refractivity (Wildman–Crippen MR) is 67.0 cm³/mol. The summed E-state index contributed by atoms with van der Waals surface area (Å²) in [5, 5.41) is 11.1. The molecule has 0 saturated carbocycles. The first-order chi connectivity index (χ1) is 10.4. The largest absolute Gasteiger partial charge is 0.573 e. The predicted octanol–water partition coefficient (Wildman–Crippen LogP) is 2.65. The lowest BCUT2D eigenvalue weighted by molar-refractivity contribution is -0.274. The van der Waals surface area contributed by atoms with Crippen LogP contribution in [0.3, 0.4) is 0 Å². The van der Waals surface area contributed by atoms with E-state index in [0.29, 0.717) is 4.90 Å². The number of nitrogens with zero attached hydrogens (tertiary/aromatic N) is 1. The molecule has 2 amide bonds. The Hall–Kier alpha value is -2.17. The highest BCUT2D eigenvalue weighted by atomic mass is 19.4. The Bertz CT molecular complexity index is 546. The van der Waals surface area contributed by atoms with Gasteiger partial charge in [0.05, 0.1) is 6.54 Å². The Morgan fingerprint density at radius 1 is 1.30 bits per heavy atom. The standard InChI is InChI=1S/C12H12F6N2O3/c1-19-10(22)20(6-9(21)11(13,14)15)7-3-2-4-8(5-7)23-12(16,17)18/h2-5,9,21H,6H2,1H3,(H,19,22). The highest BCUT2D eigenvalue weighted by Gasteiger charge is 2.40. The van der Waals surface area contributed by atoms with Crippen molar-refractivity contribution in [2.45, 2.75) is 18.6 Å². The van der Waals surface area contributed by atoms with Crippen LogP contribution >= 0.6 is 0 Å². The lowest BCUT2D eigenvalue weighted by Gasteiger charge is -2.26. The summed E-state index contributed by atoms with van der Waals surface area (Å²) >= 11 is 0. The van der Waals surface area contributed by atoms with E-state index in [1.807, 2.05) is 5.32 Å². The SMILES string of the molecule is CNC(=O)N(CC(O)C(F)(F)F)c1cccc(OC(F)(F)F)c1. The van der Waals surface area contributed by atoms with Crippen LogP contribution in [0.25, 0.3) is 0 Å². The number of aliphatic hydroxyl groups excluding tert-OH is 1. The lowest BCUT2D eigenvalue weighted by atomic mass is 10.2. The number of carbonyl (C=O) groups excluding carboxylic acids is 1. The molecule has 0 spiro atoms. The van der Waals surface area contributed by atoms with E-state index in [0.717, 1.165) is 31.3 Å². The smallest absolute Gasteiger partial charge is 0.406 e. The summed E-state index contributed by atoms with van der Waals surface area (Å²) in [6.07, 6.45) is -12.9. The Balaban J connectivity index is 3.08. The highest BCUT2D eigenvalue weighted by molar-refractivity contribution is 5.92. The van der Waals surface area contributed by atoms with Crippen LogP contribution in [0.15, 0.2) is 24.3 Å². The van der Waals surface area contributed by atoms with Crippen LogP contribution in [-0.2, 0) is 0 Å². The van der Waals surface area contributed by atoms with E-state index in [9.17, 15) is 31.1 Å². The molecule has 0 aromatic heterocycles. The van der Waals surface area contributed by atoms with Gasteiger partial charge in [0.2, 0.25) is 0 Å². The van der Waals surface area contributed by atoms with Crippen molar-refractivity contribution in [3.05, 3.63) is 24.3 Å². The van der Waals surface area contributed by atoms with Gasteiger partial charge in [0.1, 0.15) is 5.75 Å². The maximum atomic E-state index is 12.4. The number of urea groups is 1. The number of benzene rings is 1. The fourth-order valence-electron chi connectivity index (χ4n) is 1.57. The number of ether oxygens (including phenoxy) is 1. The molecule has 1 rings (SSSR count). The molecule has 11 heteroatoms. The number of carbonyl (C=O) groups is 1. The zero-order chi connectivity index (χ0) is 17.8. The average molecular weight is 346 g/mol. The van der Waals surface area contributed by atoms with Crippen LogP contribution in [0.1, 0.15) is 0 Å². The van der Waals surface area contributed by atoms with Crippen LogP contribution in [0, 0.1) is 0 Å². The molecule has 5 nitrogen and oxygen atoms in total. The molecule has 1 atom stereocenters. The lowest BCUT2D eigenvalue weighted by Crippen LogP contribution is -2.47. The Kier molecular flexibility index (Phi) is 5.70. The minimum absolute atomic E-state index is 0.311. The monoisotopic (exact) mass is 346 g/mol. The molecular weight excluding hydrogens is 334 g/mol. The number of rotatable bonds is 4. The fraction of sp³-hybridized carbons (Fsp3) is 0.417. The zero-order valence-corrected chi connectivity index (χ0v) is 11.6. The minimum atomic E-state index is -5.00. The zero-order valence-electron chi connectivity index (χ0n) is 11.6. The third kappa shape index (κ3) is 5.85. The van der Waals surface area contributed by atoms with E-state index in [1.54, 1.807) is 0 Å². The first kappa shape index (κ1) is 18.9. The first-order valence-corrected chi connectivity index (χ1v) is 6.04. The maximum Gasteiger partial charge on any atom is 0.573 e. The van der Waals surface area contributed by atoms with Gasteiger partial charge in [-0.05, 0) is 12.1 Å². The molecule has 1 unspecified atom stereocenters. The van der Waals surface area contributed by atoms with E-state index >= 15 is 0 Å². The number of hydrogen-bond acceptors (Lipinski definition) is 3. The molecule has 0 fully saturated rings. The van der Waals surface area contributed by atoms with E-state index in [2.05, 4.69) is 4.74 Å². The molecule has 0 radical (unpaired) electrons. The van der Waals surface area contributed by atoms with Crippen LogP contribution in [0.5, 0.6) is 5.75 Å². The molecule has 1 aromatic carbocycles. The molecule has 0 saturated heterocycles. The van der Waals surface area contributed by atoms with Gasteiger partial charge in [-0.2, -0.15) is 13.2 Å². The number of halogens is 6. The second-order valence-electron chi connectivity index (χ2n) is 4.27. The number of anilines is 1. The van der Waals surface area contributed by atoms with Crippen molar-refractivity contribution >= 4 is 11.7 Å². The summed E-state index contributed by atoms with van der Waals surface area (Å²) < 4.78 is 77.4. The summed E-state index contributed by atoms with van der Waals surface area (Å²) in [5.41, 5.74) is -0.311. The second-order valence-corrected chi connectivity index (χ2v) is 4.27. The summed E-state index contributed by atoms with van der Waals surface area (Å²) in [6.45, 7) is -1.20. The summed E-state index contributed by atoms with van der Waals surface area (Å²) in [4.78, 5) is 12.1. The van der Waals surface area contributed by atoms with Crippen molar-refractivity contribution in [3.8, 4) is 5.75 Å². The summed E-state index contributed by atoms with van der Waals surface area (Å²) in [7, 11) is 1.12. The topological polar surface area (TPSA) is 61.8 Å². The number of alkyl halides is 6. The molecule has 130 valence electrons. The number of hydrogen-bond donors (Lipinski definition) is 2. The third-order valence-corrected chi connectivity index (χ3v) is 2.56. The van der Waals surface area contributed by atoms with E-state index in [4.69, 9.17) is 5.11 Å². The molecule has 0 heterocycles. The molecule has 0 aliphatic heterocycles. The van der Waals surface area contributed by atoms with Gasteiger partial charge in [0.15, 0.2) is 6.10 Å². The van der Waals surface area contributed by atoms with E-state index in [-0.39, 0.29) is 5.69 Å². The number of amides is 2. The molecule has 0 aliphatic rings. The molecule has 1 aromatic rings. The van der Waals surface area contributed by atoms with Crippen LogP contribution < -0.4 is 15.0 Å². The van der Waals surface area contributed by atoms with Gasteiger partial charge in [-0.1, -0.05) is 6.07 Å². The maximum absolute atomic E-state index is 12.4. The van der Waals surface area contributed by atoms with Gasteiger partial charge >= 0.3 is 18.6 Å². The average Bonchev–Trinajstić information content (AvgIpc) is 2.41.